The zero-order chi connectivity index (χ0) is 14.4. The second-order valence-electron chi connectivity index (χ2n) is 5.98. The molecular formula is C15H18BN3O2. The number of allylic oxidation sites excluding steroid dienone is 1. The molecule has 108 valence electrons. The van der Waals surface area contributed by atoms with E-state index in [1.807, 2.05) is 18.2 Å². The number of aromatic amines is 1. The van der Waals surface area contributed by atoms with Crippen LogP contribution in [0.2, 0.25) is 0 Å². The molecule has 4 rings (SSSR count). The zero-order valence-corrected chi connectivity index (χ0v) is 11.7. The summed E-state index contributed by atoms with van der Waals surface area (Å²) in [6.07, 6.45) is 7.78. The molecule has 2 aromatic rings. The molecule has 0 unspecified atom stereocenters. The number of pyridine rings is 1. The number of nitrogens with two attached hydrogens (primary N) is 1. The van der Waals surface area contributed by atoms with Crippen LogP contribution in [0.15, 0.2) is 24.4 Å². The summed E-state index contributed by atoms with van der Waals surface area (Å²) >= 11 is 0. The predicted octanol–water partition coefficient (Wildman–Crippen LogP) is 1.88. The van der Waals surface area contributed by atoms with E-state index in [-0.39, 0.29) is 0 Å². The molecule has 1 aliphatic heterocycles. The van der Waals surface area contributed by atoms with Crippen molar-refractivity contribution in [2.45, 2.75) is 31.7 Å². The van der Waals surface area contributed by atoms with Crippen LogP contribution in [-0.2, 0) is 0 Å². The molecule has 0 bridgehead atoms. The molecule has 4 N–H and O–H groups in total. The van der Waals surface area contributed by atoms with Gasteiger partial charge in [0.05, 0.1) is 6.20 Å². The van der Waals surface area contributed by atoms with Crippen LogP contribution in [0.3, 0.4) is 0 Å². The summed E-state index contributed by atoms with van der Waals surface area (Å²) in [5.74, 6) is 2.94. The number of nitrogens with one attached hydrogen (secondary N) is 1. The quantitative estimate of drug-likeness (QED) is 0.698. The van der Waals surface area contributed by atoms with Crippen LogP contribution in [0.5, 0.6) is 5.75 Å². The van der Waals surface area contributed by atoms with Crippen LogP contribution in [0.25, 0.3) is 16.6 Å². The minimum Gasteiger partial charge on any atom is -0.531 e. The Bertz CT molecular complexity index is 704. The maximum Gasteiger partial charge on any atom is 0.552 e. The number of H-pyrrole nitrogens is 1. The summed E-state index contributed by atoms with van der Waals surface area (Å²) in [7, 11) is -0.888. The molecule has 5 nitrogen and oxygen atoms in total. The van der Waals surface area contributed by atoms with Gasteiger partial charge in [-0.2, -0.15) is 0 Å². The Balaban J connectivity index is 1.82. The van der Waals surface area contributed by atoms with Gasteiger partial charge in [-0.1, -0.05) is 0 Å². The van der Waals surface area contributed by atoms with Crippen molar-refractivity contribution < 1.29 is 9.68 Å². The van der Waals surface area contributed by atoms with E-state index in [4.69, 9.17) is 10.4 Å². The molecule has 3 heterocycles. The van der Waals surface area contributed by atoms with Gasteiger partial charge in [0.1, 0.15) is 11.4 Å². The van der Waals surface area contributed by atoms with Gasteiger partial charge < -0.3 is 20.4 Å². The first-order chi connectivity index (χ1) is 10.2. The van der Waals surface area contributed by atoms with Crippen molar-refractivity contribution in [3.63, 3.8) is 0 Å². The molecule has 0 aromatic carbocycles. The monoisotopic (exact) mass is 283 g/mol. The molecular weight excluding hydrogens is 265 g/mol. The molecule has 2 aromatic heterocycles. The third kappa shape index (κ3) is 2.15. The highest BCUT2D eigenvalue weighted by Crippen LogP contribution is 2.43. The first-order valence-corrected chi connectivity index (χ1v) is 7.51. The van der Waals surface area contributed by atoms with Gasteiger partial charge in [-0.25, -0.2) is 4.98 Å². The summed E-state index contributed by atoms with van der Waals surface area (Å²) in [6.45, 7) is 0. The molecule has 1 saturated carbocycles. The highest BCUT2D eigenvalue weighted by atomic mass is 16.5. The van der Waals surface area contributed by atoms with Gasteiger partial charge in [0.2, 0.25) is 0 Å². The lowest BCUT2D eigenvalue weighted by Crippen LogP contribution is -2.30. The maximum atomic E-state index is 9.97. The molecule has 0 atom stereocenters. The van der Waals surface area contributed by atoms with Gasteiger partial charge in [-0.3, -0.25) is 0 Å². The number of rotatable bonds is 1. The van der Waals surface area contributed by atoms with Crippen molar-refractivity contribution in [2.75, 3.05) is 0 Å². The molecule has 0 saturated heterocycles. The average molecular weight is 283 g/mol. The molecule has 0 spiro atoms. The van der Waals surface area contributed by atoms with Crippen molar-refractivity contribution in [1.82, 2.24) is 9.97 Å². The largest absolute Gasteiger partial charge is 0.552 e. The van der Waals surface area contributed by atoms with Crippen molar-refractivity contribution in [3.05, 3.63) is 30.0 Å². The Labute approximate surface area is 123 Å². The van der Waals surface area contributed by atoms with Gasteiger partial charge in [-0.15, -0.1) is 0 Å². The molecule has 0 amide bonds. The lowest BCUT2D eigenvalue weighted by Gasteiger charge is -2.31. The summed E-state index contributed by atoms with van der Waals surface area (Å²) < 4.78 is 5.53. The predicted molar refractivity (Wildman–Crippen MR) is 82.6 cm³/mol. The fourth-order valence-corrected chi connectivity index (χ4v) is 3.55. The number of hydrogen-bond acceptors (Lipinski definition) is 4. The Hall–Kier alpha value is -1.79. The van der Waals surface area contributed by atoms with E-state index in [2.05, 4.69) is 9.97 Å². The van der Waals surface area contributed by atoms with E-state index in [1.165, 1.54) is 5.57 Å². The van der Waals surface area contributed by atoms with Crippen molar-refractivity contribution in [2.24, 2.45) is 11.7 Å². The molecule has 21 heavy (non-hydrogen) atoms. The van der Waals surface area contributed by atoms with Crippen molar-refractivity contribution >= 4 is 23.7 Å². The molecule has 1 aliphatic carbocycles. The van der Waals surface area contributed by atoms with Gasteiger partial charge >= 0.3 is 7.12 Å². The molecule has 2 aliphatic rings. The van der Waals surface area contributed by atoms with E-state index in [0.29, 0.717) is 17.7 Å². The van der Waals surface area contributed by atoms with E-state index >= 15 is 0 Å². The average Bonchev–Trinajstić information content (AvgIpc) is 2.95. The van der Waals surface area contributed by atoms with Gasteiger partial charge in [0.15, 0.2) is 0 Å². The maximum absolute atomic E-state index is 9.97. The van der Waals surface area contributed by atoms with Crippen LogP contribution in [-0.4, -0.2) is 28.2 Å². The smallest absolute Gasteiger partial charge is 0.531 e. The van der Waals surface area contributed by atoms with E-state index in [1.54, 1.807) is 6.20 Å². The Kier molecular flexibility index (Phi) is 3.01. The lowest BCUT2D eigenvalue weighted by molar-refractivity contribution is 0.379. The molecule has 0 radical (unpaired) electrons. The highest BCUT2D eigenvalue weighted by Gasteiger charge is 2.32. The summed E-state index contributed by atoms with van der Waals surface area (Å²) in [4.78, 5) is 7.48. The Morgan fingerprint density at radius 2 is 2.14 bits per heavy atom. The van der Waals surface area contributed by atoms with Crippen molar-refractivity contribution in [3.8, 4) is 5.75 Å². The summed E-state index contributed by atoms with van der Waals surface area (Å²) in [5.41, 5.74) is 9.13. The van der Waals surface area contributed by atoms with Gasteiger partial charge in [0.25, 0.3) is 0 Å². The number of hydrogen-bond donors (Lipinski definition) is 3. The fraction of sp³-hybridized carbons (Fsp3) is 0.400. The highest BCUT2D eigenvalue weighted by molar-refractivity contribution is 6.52. The zero-order valence-electron chi connectivity index (χ0n) is 11.7. The third-order valence-corrected chi connectivity index (χ3v) is 4.62. The fourth-order valence-electron chi connectivity index (χ4n) is 3.55. The van der Waals surface area contributed by atoms with Gasteiger partial charge in [-0.05, 0) is 49.2 Å². The minimum absolute atomic E-state index is 0.316. The van der Waals surface area contributed by atoms with E-state index in [9.17, 15) is 5.02 Å². The third-order valence-electron chi connectivity index (χ3n) is 4.62. The SMILES string of the molecule is NC1CCC(C2=CB(O)Oc3cnc4[nH]ccc4c32)CC1. The first-order valence-electron chi connectivity index (χ1n) is 7.51. The van der Waals surface area contributed by atoms with Gasteiger partial charge in [0, 0.05) is 23.2 Å². The second kappa shape index (κ2) is 4.89. The lowest BCUT2D eigenvalue weighted by atomic mass is 9.72. The normalized spacial score (nSPS) is 25.4. The number of nitrogens with zero attached hydrogens (tertiary/aromatic N) is 1. The minimum atomic E-state index is -0.888. The Morgan fingerprint density at radius 3 is 2.95 bits per heavy atom. The van der Waals surface area contributed by atoms with Crippen LogP contribution >= 0.6 is 0 Å². The van der Waals surface area contributed by atoms with E-state index in [0.717, 1.165) is 42.3 Å². The van der Waals surface area contributed by atoms with Crippen LogP contribution < -0.4 is 10.4 Å². The summed E-state index contributed by atoms with van der Waals surface area (Å²) in [6, 6.07) is 2.33. The number of fused-ring (bicyclic) bond motifs is 3. The number of aromatic nitrogens is 2. The van der Waals surface area contributed by atoms with Crippen LogP contribution in [0.4, 0.5) is 0 Å². The summed E-state index contributed by atoms with van der Waals surface area (Å²) in [5, 5.41) is 11.0. The van der Waals surface area contributed by atoms with E-state index < -0.39 is 7.12 Å². The van der Waals surface area contributed by atoms with Crippen LogP contribution in [0, 0.1) is 5.92 Å². The van der Waals surface area contributed by atoms with Crippen molar-refractivity contribution in [1.29, 1.82) is 0 Å². The topological polar surface area (TPSA) is 84.2 Å². The molecule has 1 fully saturated rings. The Morgan fingerprint density at radius 1 is 1.33 bits per heavy atom. The second-order valence-corrected chi connectivity index (χ2v) is 5.98. The van der Waals surface area contributed by atoms with Crippen LogP contribution in [0.1, 0.15) is 31.2 Å². The molecule has 6 heteroatoms. The first kappa shape index (κ1) is 12.9. The standard InChI is InChI=1S/C15H18BN3O2/c17-10-3-1-9(2-4-10)12-7-16(20)21-13-8-19-15-11(14(12)13)5-6-18-15/h5-10,20H,1-4,17H2,(H,18,19).